The standard InChI is InChI=1S/C16H29N3O/c1-4-11-17-14(16(20-3)9-5-6-10-16)7-8-15-18-12-13-19(15)2/h12-14,17H,4-11H2,1-3H3. The molecule has 0 saturated heterocycles. The number of nitrogens with one attached hydrogen (secondary N) is 1. The lowest BCUT2D eigenvalue weighted by Gasteiger charge is -2.37. The van der Waals surface area contributed by atoms with E-state index < -0.39 is 0 Å². The van der Waals surface area contributed by atoms with Crippen LogP contribution in [0.2, 0.25) is 0 Å². The summed E-state index contributed by atoms with van der Waals surface area (Å²) < 4.78 is 8.08. The normalized spacial score (nSPS) is 19.4. The SMILES string of the molecule is CCCNC(CCc1nccn1C)C1(OC)CCCC1. The van der Waals surface area contributed by atoms with E-state index in [0.29, 0.717) is 6.04 Å². The van der Waals surface area contributed by atoms with Crippen LogP contribution in [-0.2, 0) is 18.2 Å². The molecule has 0 bridgehead atoms. The molecule has 4 heteroatoms. The first kappa shape index (κ1) is 15.5. The number of methoxy groups -OCH3 is 1. The third-order valence-corrected chi connectivity index (χ3v) is 4.71. The third-order valence-electron chi connectivity index (χ3n) is 4.71. The van der Waals surface area contributed by atoms with Crippen LogP contribution < -0.4 is 5.32 Å². The first-order chi connectivity index (χ1) is 9.72. The molecule has 2 rings (SSSR count). The van der Waals surface area contributed by atoms with Gasteiger partial charge in [-0.25, -0.2) is 4.98 Å². The average Bonchev–Trinajstić information content (AvgIpc) is 3.09. The largest absolute Gasteiger partial charge is 0.377 e. The van der Waals surface area contributed by atoms with E-state index in [1.165, 1.54) is 32.1 Å². The lowest BCUT2D eigenvalue weighted by molar-refractivity contribution is -0.0377. The minimum atomic E-state index is 0.0420. The van der Waals surface area contributed by atoms with Crippen molar-refractivity contribution in [3.05, 3.63) is 18.2 Å². The minimum Gasteiger partial charge on any atom is -0.377 e. The van der Waals surface area contributed by atoms with Gasteiger partial charge in [0.15, 0.2) is 0 Å². The predicted octanol–water partition coefficient (Wildman–Crippen LogP) is 2.68. The fourth-order valence-corrected chi connectivity index (χ4v) is 3.45. The smallest absolute Gasteiger partial charge is 0.108 e. The second-order valence-corrected chi connectivity index (χ2v) is 5.98. The number of imidazole rings is 1. The topological polar surface area (TPSA) is 39.1 Å². The minimum absolute atomic E-state index is 0.0420. The predicted molar refractivity (Wildman–Crippen MR) is 81.8 cm³/mol. The fraction of sp³-hybridized carbons (Fsp3) is 0.812. The molecule has 0 radical (unpaired) electrons. The number of rotatable bonds is 8. The van der Waals surface area contributed by atoms with Gasteiger partial charge in [-0.15, -0.1) is 0 Å². The molecule has 20 heavy (non-hydrogen) atoms. The van der Waals surface area contributed by atoms with Crippen LogP contribution in [0.25, 0.3) is 0 Å². The molecule has 1 heterocycles. The molecule has 1 fully saturated rings. The van der Waals surface area contributed by atoms with Crippen LogP contribution in [0.5, 0.6) is 0 Å². The van der Waals surface area contributed by atoms with Crippen molar-refractivity contribution < 1.29 is 4.74 Å². The molecule has 1 aliphatic carbocycles. The summed E-state index contributed by atoms with van der Waals surface area (Å²) in [6.07, 6.45) is 12.1. The summed E-state index contributed by atoms with van der Waals surface area (Å²) in [5.41, 5.74) is 0.0420. The van der Waals surface area contributed by atoms with Gasteiger partial charge in [0.25, 0.3) is 0 Å². The maximum Gasteiger partial charge on any atom is 0.108 e. The van der Waals surface area contributed by atoms with E-state index in [9.17, 15) is 0 Å². The Morgan fingerprint density at radius 3 is 2.75 bits per heavy atom. The number of ether oxygens (including phenoxy) is 1. The summed E-state index contributed by atoms with van der Waals surface area (Å²) in [4.78, 5) is 4.44. The highest BCUT2D eigenvalue weighted by atomic mass is 16.5. The molecule has 1 unspecified atom stereocenters. The van der Waals surface area contributed by atoms with E-state index >= 15 is 0 Å². The van der Waals surface area contributed by atoms with E-state index in [2.05, 4.69) is 28.8 Å². The maximum atomic E-state index is 5.97. The van der Waals surface area contributed by atoms with Crippen LogP contribution in [0.15, 0.2) is 12.4 Å². The number of aromatic nitrogens is 2. The first-order valence-corrected chi connectivity index (χ1v) is 7.96. The van der Waals surface area contributed by atoms with Gasteiger partial charge in [0, 0.05) is 39.0 Å². The zero-order valence-corrected chi connectivity index (χ0v) is 13.2. The molecule has 0 spiro atoms. The van der Waals surface area contributed by atoms with E-state index in [1.54, 1.807) is 0 Å². The van der Waals surface area contributed by atoms with Crippen LogP contribution in [0.4, 0.5) is 0 Å². The number of nitrogens with zero attached hydrogens (tertiary/aromatic N) is 2. The Morgan fingerprint density at radius 2 is 2.20 bits per heavy atom. The van der Waals surface area contributed by atoms with Crippen molar-refractivity contribution in [2.24, 2.45) is 7.05 Å². The van der Waals surface area contributed by atoms with Gasteiger partial charge in [-0.3, -0.25) is 0 Å². The number of aryl methyl sites for hydroxylation is 2. The Morgan fingerprint density at radius 1 is 1.45 bits per heavy atom. The van der Waals surface area contributed by atoms with Crippen molar-refractivity contribution in [3.63, 3.8) is 0 Å². The van der Waals surface area contributed by atoms with Crippen LogP contribution in [-0.4, -0.2) is 34.8 Å². The van der Waals surface area contributed by atoms with E-state index in [4.69, 9.17) is 4.74 Å². The monoisotopic (exact) mass is 279 g/mol. The molecule has 4 nitrogen and oxygen atoms in total. The summed E-state index contributed by atoms with van der Waals surface area (Å²) in [7, 11) is 3.95. The second kappa shape index (κ2) is 7.23. The average molecular weight is 279 g/mol. The van der Waals surface area contributed by atoms with Crippen molar-refractivity contribution in [3.8, 4) is 0 Å². The van der Waals surface area contributed by atoms with Crippen LogP contribution in [0, 0.1) is 0 Å². The highest BCUT2D eigenvalue weighted by molar-refractivity contribution is 5.00. The molecule has 1 saturated carbocycles. The summed E-state index contributed by atoms with van der Waals surface area (Å²) in [6.45, 7) is 3.28. The molecule has 0 amide bonds. The maximum absolute atomic E-state index is 5.97. The van der Waals surface area contributed by atoms with Crippen molar-refractivity contribution in [1.82, 2.24) is 14.9 Å². The lowest BCUT2D eigenvalue weighted by atomic mass is 9.88. The highest BCUT2D eigenvalue weighted by Gasteiger charge is 2.40. The highest BCUT2D eigenvalue weighted by Crippen LogP contribution is 2.37. The van der Waals surface area contributed by atoms with E-state index in [1.807, 2.05) is 19.5 Å². The van der Waals surface area contributed by atoms with E-state index in [0.717, 1.165) is 25.2 Å². The molecule has 1 aromatic heterocycles. The number of hydrogen-bond donors (Lipinski definition) is 1. The Bertz CT molecular complexity index is 396. The molecular formula is C16H29N3O. The summed E-state index contributed by atoms with van der Waals surface area (Å²) in [6, 6.07) is 0.437. The quantitative estimate of drug-likeness (QED) is 0.795. The molecular weight excluding hydrogens is 250 g/mol. The van der Waals surface area contributed by atoms with Gasteiger partial charge in [-0.05, 0) is 32.2 Å². The fourth-order valence-electron chi connectivity index (χ4n) is 3.45. The van der Waals surface area contributed by atoms with Gasteiger partial charge >= 0.3 is 0 Å². The van der Waals surface area contributed by atoms with Crippen LogP contribution in [0.3, 0.4) is 0 Å². The molecule has 0 aliphatic heterocycles. The molecule has 1 N–H and O–H groups in total. The van der Waals surface area contributed by atoms with Gasteiger partial charge < -0.3 is 14.6 Å². The van der Waals surface area contributed by atoms with Gasteiger partial charge in [-0.2, -0.15) is 0 Å². The number of hydrogen-bond acceptors (Lipinski definition) is 3. The van der Waals surface area contributed by atoms with Gasteiger partial charge in [-0.1, -0.05) is 19.8 Å². The summed E-state index contributed by atoms with van der Waals surface area (Å²) >= 11 is 0. The molecule has 0 aromatic carbocycles. The molecule has 1 aromatic rings. The second-order valence-electron chi connectivity index (χ2n) is 5.98. The Kier molecular flexibility index (Phi) is 5.61. The van der Waals surface area contributed by atoms with Crippen molar-refractivity contribution in [2.75, 3.05) is 13.7 Å². The van der Waals surface area contributed by atoms with E-state index in [-0.39, 0.29) is 5.60 Å². The molecule has 114 valence electrons. The van der Waals surface area contributed by atoms with Crippen molar-refractivity contribution >= 4 is 0 Å². The van der Waals surface area contributed by atoms with Crippen molar-refractivity contribution in [2.45, 2.75) is 63.5 Å². The summed E-state index contributed by atoms with van der Waals surface area (Å²) in [5, 5.41) is 3.72. The lowest BCUT2D eigenvalue weighted by Crippen LogP contribution is -2.51. The van der Waals surface area contributed by atoms with Crippen molar-refractivity contribution in [1.29, 1.82) is 0 Å². The van der Waals surface area contributed by atoms with Gasteiger partial charge in [0.2, 0.25) is 0 Å². The van der Waals surface area contributed by atoms with Crippen LogP contribution in [0.1, 0.15) is 51.3 Å². The molecule has 1 atom stereocenters. The zero-order valence-electron chi connectivity index (χ0n) is 13.2. The third kappa shape index (κ3) is 3.41. The summed E-state index contributed by atoms with van der Waals surface area (Å²) in [5.74, 6) is 1.16. The van der Waals surface area contributed by atoms with Crippen LogP contribution >= 0.6 is 0 Å². The zero-order chi connectivity index (χ0) is 14.4. The Hall–Kier alpha value is -0.870. The Balaban J connectivity index is 2.01. The van der Waals surface area contributed by atoms with Gasteiger partial charge in [0.05, 0.1) is 5.60 Å². The van der Waals surface area contributed by atoms with Gasteiger partial charge in [0.1, 0.15) is 5.82 Å². The first-order valence-electron chi connectivity index (χ1n) is 7.96. The Labute approximate surface area is 122 Å². The molecule has 1 aliphatic rings.